The molecule has 134 valence electrons. The molecule has 26 heavy (non-hydrogen) atoms. The highest BCUT2D eigenvalue weighted by Gasteiger charge is 2.42. The third kappa shape index (κ3) is 3.61. The zero-order valence-electron chi connectivity index (χ0n) is 13.7. The van der Waals surface area contributed by atoms with E-state index in [0.717, 1.165) is 11.3 Å². The zero-order chi connectivity index (χ0) is 18.1. The number of thioether (sulfide) groups is 1. The molecule has 1 saturated heterocycles. The van der Waals surface area contributed by atoms with E-state index >= 15 is 0 Å². The molecule has 0 spiro atoms. The van der Waals surface area contributed by atoms with Crippen LogP contribution in [0.25, 0.3) is 0 Å². The van der Waals surface area contributed by atoms with Gasteiger partial charge in [0.1, 0.15) is 6.17 Å². The van der Waals surface area contributed by atoms with E-state index < -0.39 is 0 Å². The topological polar surface area (TPSA) is 56.7 Å². The molecule has 5 nitrogen and oxygen atoms in total. The average Bonchev–Trinajstić information content (AvgIpc) is 3.10. The number of hydrazine groups is 1. The van der Waals surface area contributed by atoms with E-state index in [4.69, 9.17) is 28.2 Å². The van der Waals surface area contributed by atoms with Crippen molar-refractivity contribution in [2.45, 2.75) is 11.9 Å². The minimum Gasteiger partial charge on any atom is -0.274 e. The summed E-state index contributed by atoms with van der Waals surface area (Å²) in [6.07, 6.45) is -0.245. The monoisotopic (exact) mass is 406 g/mol. The van der Waals surface area contributed by atoms with E-state index in [0.29, 0.717) is 27.5 Å². The molecule has 2 atom stereocenters. The Balaban J connectivity index is 1.63. The summed E-state index contributed by atoms with van der Waals surface area (Å²) in [6.45, 7) is 0.555. The molecule has 0 saturated carbocycles. The number of nitrogens with one attached hydrogen (secondary N) is 2. The van der Waals surface area contributed by atoms with Crippen molar-refractivity contribution in [2.75, 3.05) is 11.4 Å². The summed E-state index contributed by atoms with van der Waals surface area (Å²) in [5, 5.41) is 1.94. The number of fused-ring (bicyclic) bond motifs is 1. The molecule has 2 unspecified atom stereocenters. The fourth-order valence-electron chi connectivity index (χ4n) is 2.95. The van der Waals surface area contributed by atoms with Crippen LogP contribution in [0.15, 0.2) is 53.5 Å². The molecule has 2 aliphatic heterocycles. The van der Waals surface area contributed by atoms with Gasteiger partial charge < -0.3 is 0 Å². The number of halogens is 2. The van der Waals surface area contributed by atoms with Crippen molar-refractivity contribution in [3.63, 3.8) is 0 Å². The zero-order valence-corrected chi connectivity index (χ0v) is 16.0. The number of benzene rings is 2. The predicted octanol–water partition coefficient (Wildman–Crippen LogP) is 3.68. The van der Waals surface area contributed by atoms with Gasteiger partial charge in [0.2, 0.25) is 5.91 Å². The first-order chi connectivity index (χ1) is 12.6. The maximum atomic E-state index is 13.1. The van der Waals surface area contributed by atoms with Gasteiger partial charge in [-0.2, -0.15) is 0 Å². The molecule has 0 aliphatic carbocycles. The molecule has 2 heterocycles. The summed E-state index contributed by atoms with van der Waals surface area (Å²) in [6, 6.07) is 15.0. The fraction of sp³-hybridized carbons (Fsp3) is 0.222. The van der Waals surface area contributed by atoms with E-state index in [-0.39, 0.29) is 18.0 Å². The lowest BCUT2D eigenvalue weighted by Crippen LogP contribution is -2.49. The van der Waals surface area contributed by atoms with Crippen LogP contribution in [-0.2, 0) is 10.5 Å². The third-order valence-electron chi connectivity index (χ3n) is 4.28. The number of carbonyl (C=O) groups excluding carboxylic acids is 1. The second-order valence-electron chi connectivity index (χ2n) is 6.06. The molecule has 0 bridgehead atoms. The normalized spacial score (nSPS) is 22.3. The van der Waals surface area contributed by atoms with Crippen molar-refractivity contribution < 1.29 is 4.79 Å². The molecule has 4 rings (SSSR count). The van der Waals surface area contributed by atoms with Gasteiger partial charge in [-0.05, 0) is 35.9 Å². The van der Waals surface area contributed by atoms with Crippen LogP contribution in [0, 0.1) is 5.92 Å². The van der Waals surface area contributed by atoms with Gasteiger partial charge in [-0.25, -0.2) is 10.4 Å². The number of anilines is 1. The summed E-state index contributed by atoms with van der Waals surface area (Å²) in [4.78, 5) is 19.5. The van der Waals surface area contributed by atoms with Gasteiger partial charge in [0.05, 0.1) is 11.6 Å². The Morgan fingerprint density at radius 2 is 1.96 bits per heavy atom. The Morgan fingerprint density at radius 3 is 2.73 bits per heavy atom. The fourth-order valence-corrected chi connectivity index (χ4v) is 4.26. The maximum absolute atomic E-state index is 13.1. The molecule has 8 heteroatoms. The number of rotatable bonds is 3. The Labute approximate surface area is 165 Å². The first-order valence-electron chi connectivity index (χ1n) is 8.15. The SMILES string of the molecule is O=C1C2CNNC2N=C(SCc2ccc(Cl)cc2)N1c1cccc(Cl)c1. The smallest absolute Gasteiger partial charge is 0.241 e. The third-order valence-corrected chi connectivity index (χ3v) is 5.79. The number of aliphatic imine (C=N–C) groups is 1. The highest BCUT2D eigenvalue weighted by Crippen LogP contribution is 2.31. The Morgan fingerprint density at radius 1 is 1.15 bits per heavy atom. The summed E-state index contributed by atoms with van der Waals surface area (Å²) >= 11 is 13.6. The first kappa shape index (κ1) is 17.8. The lowest BCUT2D eigenvalue weighted by Gasteiger charge is -2.32. The number of hydrogen-bond donors (Lipinski definition) is 2. The van der Waals surface area contributed by atoms with E-state index in [2.05, 4.69) is 10.9 Å². The molecule has 0 radical (unpaired) electrons. The van der Waals surface area contributed by atoms with Crippen molar-refractivity contribution in [2.24, 2.45) is 10.9 Å². The van der Waals surface area contributed by atoms with Crippen LogP contribution in [0.1, 0.15) is 5.56 Å². The molecule has 2 aromatic carbocycles. The predicted molar refractivity (Wildman–Crippen MR) is 108 cm³/mol. The van der Waals surface area contributed by atoms with Crippen LogP contribution in [-0.4, -0.2) is 23.8 Å². The van der Waals surface area contributed by atoms with Gasteiger partial charge in [-0.1, -0.05) is 53.2 Å². The maximum Gasteiger partial charge on any atom is 0.241 e. The standard InChI is InChI=1S/C18H16Cl2N4OS/c19-12-6-4-11(5-7-12)10-26-18-22-16-15(9-21-23-16)17(25)24(18)14-3-1-2-13(20)8-14/h1-8,15-16,21,23H,9-10H2. The molecule has 1 amide bonds. The van der Waals surface area contributed by atoms with Crippen molar-refractivity contribution in [1.82, 2.24) is 10.9 Å². The van der Waals surface area contributed by atoms with Gasteiger partial charge in [-0.15, -0.1) is 0 Å². The Hall–Kier alpha value is -1.57. The van der Waals surface area contributed by atoms with Gasteiger partial charge in [-0.3, -0.25) is 15.1 Å². The highest BCUT2D eigenvalue weighted by atomic mass is 35.5. The molecular formula is C18H16Cl2N4OS. The number of hydrogen-bond acceptors (Lipinski definition) is 5. The summed E-state index contributed by atoms with van der Waals surface area (Å²) in [5.74, 6) is 0.475. The van der Waals surface area contributed by atoms with E-state index in [1.807, 2.05) is 36.4 Å². The quantitative estimate of drug-likeness (QED) is 0.815. The van der Waals surface area contributed by atoms with Crippen molar-refractivity contribution in [1.29, 1.82) is 0 Å². The first-order valence-corrected chi connectivity index (χ1v) is 9.89. The Bertz CT molecular complexity index is 859. The molecule has 2 N–H and O–H groups in total. The largest absolute Gasteiger partial charge is 0.274 e. The lowest BCUT2D eigenvalue weighted by molar-refractivity contribution is -0.121. The minimum absolute atomic E-state index is 0.0170. The van der Waals surface area contributed by atoms with Gasteiger partial charge in [0.15, 0.2) is 5.17 Å². The van der Waals surface area contributed by atoms with Crippen LogP contribution in [0.4, 0.5) is 5.69 Å². The minimum atomic E-state index is -0.245. The molecular weight excluding hydrogens is 391 g/mol. The van der Waals surface area contributed by atoms with Crippen LogP contribution in [0.3, 0.4) is 0 Å². The average molecular weight is 407 g/mol. The van der Waals surface area contributed by atoms with Gasteiger partial charge in [0, 0.05) is 22.3 Å². The van der Waals surface area contributed by atoms with E-state index in [1.54, 1.807) is 17.0 Å². The number of amidine groups is 1. The molecule has 1 fully saturated rings. The van der Waals surface area contributed by atoms with E-state index in [9.17, 15) is 4.79 Å². The number of carbonyl (C=O) groups is 1. The summed E-state index contributed by atoms with van der Waals surface area (Å²) < 4.78 is 0. The van der Waals surface area contributed by atoms with Crippen LogP contribution < -0.4 is 15.8 Å². The van der Waals surface area contributed by atoms with Crippen molar-refractivity contribution in [3.05, 3.63) is 64.1 Å². The highest BCUT2D eigenvalue weighted by molar-refractivity contribution is 8.13. The van der Waals surface area contributed by atoms with Crippen molar-refractivity contribution >= 4 is 51.7 Å². The van der Waals surface area contributed by atoms with Crippen LogP contribution in [0.5, 0.6) is 0 Å². The molecule has 0 aromatic heterocycles. The van der Waals surface area contributed by atoms with Crippen molar-refractivity contribution in [3.8, 4) is 0 Å². The van der Waals surface area contributed by atoms with E-state index in [1.165, 1.54) is 11.8 Å². The summed E-state index contributed by atoms with van der Waals surface area (Å²) in [7, 11) is 0. The Kier molecular flexibility index (Phi) is 5.20. The van der Waals surface area contributed by atoms with Gasteiger partial charge >= 0.3 is 0 Å². The second-order valence-corrected chi connectivity index (χ2v) is 7.87. The van der Waals surface area contributed by atoms with Gasteiger partial charge in [0.25, 0.3) is 0 Å². The molecule has 2 aliphatic rings. The van der Waals surface area contributed by atoms with Crippen LogP contribution in [0.2, 0.25) is 10.0 Å². The molecule has 2 aromatic rings. The number of nitrogens with zero attached hydrogens (tertiary/aromatic N) is 2. The second kappa shape index (κ2) is 7.58. The van der Waals surface area contributed by atoms with Crippen LogP contribution >= 0.6 is 35.0 Å². The number of amides is 1. The summed E-state index contributed by atoms with van der Waals surface area (Å²) in [5.41, 5.74) is 7.93. The lowest BCUT2D eigenvalue weighted by atomic mass is 10.0.